The summed E-state index contributed by atoms with van der Waals surface area (Å²) < 4.78 is 6.51. The Bertz CT molecular complexity index is 614. The molecule has 0 radical (unpaired) electrons. The van der Waals surface area contributed by atoms with E-state index in [4.69, 9.17) is 9.84 Å². The van der Waals surface area contributed by atoms with Crippen LogP contribution < -0.4 is 4.74 Å². The average Bonchev–Trinajstić information content (AvgIpc) is 3.23. The Balaban J connectivity index is 1.80. The summed E-state index contributed by atoms with van der Waals surface area (Å²) in [5.41, 5.74) is 0.882. The molecule has 1 aliphatic heterocycles. The van der Waals surface area contributed by atoms with E-state index in [-0.39, 0.29) is 24.4 Å². The first-order chi connectivity index (χ1) is 10.5. The van der Waals surface area contributed by atoms with E-state index in [0.29, 0.717) is 6.61 Å². The van der Waals surface area contributed by atoms with Crippen LogP contribution in [0.15, 0.2) is 22.7 Å². The molecule has 1 amide bonds. The molecule has 1 aromatic carbocycles. The topological polar surface area (TPSA) is 66.8 Å². The highest BCUT2D eigenvalue weighted by Crippen LogP contribution is 2.39. The molecule has 0 bridgehead atoms. The highest BCUT2D eigenvalue weighted by atomic mass is 79.9. The van der Waals surface area contributed by atoms with Crippen molar-refractivity contribution in [3.8, 4) is 5.75 Å². The molecule has 1 N–H and O–H groups in total. The van der Waals surface area contributed by atoms with Crippen LogP contribution in [0.5, 0.6) is 5.75 Å². The zero-order valence-electron chi connectivity index (χ0n) is 12.3. The van der Waals surface area contributed by atoms with E-state index >= 15 is 0 Å². The Morgan fingerprint density at radius 1 is 1.45 bits per heavy atom. The fraction of sp³-hybridized carbons (Fsp3) is 0.500. The molecule has 1 aromatic rings. The SMILES string of the molecule is CC(CN(C(=O)C1COc2ccc(Br)cc21)C1CC1)C(=O)O. The van der Waals surface area contributed by atoms with Gasteiger partial charge in [-0.2, -0.15) is 0 Å². The van der Waals surface area contributed by atoms with Gasteiger partial charge in [0.05, 0.1) is 5.92 Å². The van der Waals surface area contributed by atoms with E-state index in [1.165, 1.54) is 0 Å². The van der Waals surface area contributed by atoms with Gasteiger partial charge in [-0.05, 0) is 31.0 Å². The van der Waals surface area contributed by atoms with Crippen LogP contribution in [0, 0.1) is 5.92 Å². The minimum atomic E-state index is -0.871. The number of carbonyl (C=O) groups excluding carboxylic acids is 1. The predicted molar refractivity (Wildman–Crippen MR) is 83.9 cm³/mol. The normalized spacial score (nSPS) is 20.9. The van der Waals surface area contributed by atoms with E-state index in [0.717, 1.165) is 28.6 Å². The van der Waals surface area contributed by atoms with E-state index in [2.05, 4.69) is 15.9 Å². The maximum atomic E-state index is 12.9. The van der Waals surface area contributed by atoms with Crippen molar-refractivity contribution in [2.45, 2.75) is 31.7 Å². The lowest BCUT2D eigenvalue weighted by Crippen LogP contribution is -2.41. The number of rotatable bonds is 5. The number of hydrogen-bond acceptors (Lipinski definition) is 3. The van der Waals surface area contributed by atoms with Crippen LogP contribution in [0.25, 0.3) is 0 Å². The third-order valence-corrected chi connectivity index (χ3v) is 4.71. The van der Waals surface area contributed by atoms with Crippen LogP contribution in [-0.2, 0) is 9.59 Å². The standard InChI is InChI=1S/C16H18BrNO4/c1-9(16(20)21)7-18(11-3-4-11)15(19)13-8-22-14-5-2-10(17)6-12(13)14/h2,5-6,9,11,13H,3-4,7-8H2,1H3,(H,20,21). The summed E-state index contributed by atoms with van der Waals surface area (Å²) in [5.74, 6) is -1.05. The molecule has 5 nitrogen and oxygen atoms in total. The first-order valence-electron chi connectivity index (χ1n) is 7.43. The van der Waals surface area contributed by atoms with E-state index in [9.17, 15) is 9.59 Å². The van der Waals surface area contributed by atoms with Gasteiger partial charge in [0.15, 0.2) is 0 Å². The van der Waals surface area contributed by atoms with Crippen molar-refractivity contribution in [2.24, 2.45) is 5.92 Å². The van der Waals surface area contributed by atoms with Crippen molar-refractivity contribution in [3.63, 3.8) is 0 Å². The van der Waals surface area contributed by atoms with Crippen molar-refractivity contribution in [2.75, 3.05) is 13.2 Å². The molecule has 118 valence electrons. The molecule has 22 heavy (non-hydrogen) atoms. The van der Waals surface area contributed by atoms with Gasteiger partial charge in [0.25, 0.3) is 0 Å². The number of ether oxygens (including phenoxy) is 1. The van der Waals surface area contributed by atoms with Gasteiger partial charge in [-0.15, -0.1) is 0 Å². The molecule has 2 atom stereocenters. The number of hydrogen-bond donors (Lipinski definition) is 1. The lowest BCUT2D eigenvalue weighted by atomic mass is 9.99. The van der Waals surface area contributed by atoms with Gasteiger partial charge in [0.1, 0.15) is 18.3 Å². The highest BCUT2D eigenvalue weighted by Gasteiger charge is 2.40. The van der Waals surface area contributed by atoms with Gasteiger partial charge >= 0.3 is 5.97 Å². The largest absolute Gasteiger partial charge is 0.492 e. The molecule has 2 unspecified atom stereocenters. The van der Waals surface area contributed by atoms with Crippen molar-refractivity contribution in [1.29, 1.82) is 0 Å². The summed E-state index contributed by atoms with van der Waals surface area (Å²) in [6.07, 6.45) is 1.91. The van der Waals surface area contributed by atoms with Crippen molar-refractivity contribution >= 4 is 27.8 Å². The second-order valence-corrected chi connectivity index (χ2v) is 6.92. The maximum Gasteiger partial charge on any atom is 0.308 e. The molecule has 1 aliphatic carbocycles. The van der Waals surface area contributed by atoms with Crippen molar-refractivity contribution in [1.82, 2.24) is 4.90 Å². The monoisotopic (exact) mass is 367 g/mol. The number of nitrogens with zero attached hydrogens (tertiary/aromatic N) is 1. The smallest absolute Gasteiger partial charge is 0.308 e. The van der Waals surface area contributed by atoms with E-state index < -0.39 is 11.9 Å². The molecule has 1 saturated carbocycles. The summed E-state index contributed by atoms with van der Waals surface area (Å²) in [6, 6.07) is 5.84. The van der Waals surface area contributed by atoms with Crippen LogP contribution in [-0.4, -0.2) is 41.1 Å². The third-order valence-electron chi connectivity index (χ3n) is 4.21. The third kappa shape index (κ3) is 2.97. The number of aliphatic carboxylic acids is 1. The lowest BCUT2D eigenvalue weighted by Gasteiger charge is -2.27. The van der Waals surface area contributed by atoms with Gasteiger partial charge in [0.2, 0.25) is 5.91 Å². The Morgan fingerprint density at radius 3 is 2.82 bits per heavy atom. The summed E-state index contributed by atoms with van der Waals surface area (Å²) in [6.45, 7) is 2.23. The Morgan fingerprint density at radius 2 is 2.18 bits per heavy atom. The number of benzene rings is 1. The lowest BCUT2D eigenvalue weighted by molar-refractivity contribution is -0.143. The van der Waals surface area contributed by atoms with Crippen LogP contribution in [0.4, 0.5) is 0 Å². The van der Waals surface area contributed by atoms with Crippen molar-refractivity contribution in [3.05, 3.63) is 28.2 Å². The van der Waals surface area contributed by atoms with Gasteiger partial charge in [-0.1, -0.05) is 22.9 Å². The summed E-state index contributed by atoms with van der Waals surface area (Å²) >= 11 is 3.42. The summed E-state index contributed by atoms with van der Waals surface area (Å²) in [4.78, 5) is 25.7. The number of amides is 1. The molecular weight excluding hydrogens is 350 g/mol. The Hall–Kier alpha value is -1.56. The van der Waals surface area contributed by atoms with Crippen LogP contribution in [0.1, 0.15) is 31.2 Å². The zero-order valence-corrected chi connectivity index (χ0v) is 13.9. The summed E-state index contributed by atoms with van der Waals surface area (Å²) in [7, 11) is 0. The fourth-order valence-corrected chi connectivity index (χ4v) is 3.15. The minimum absolute atomic E-state index is 0.0209. The van der Waals surface area contributed by atoms with E-state index in [1.54, 1.807) is 11.8 Å². The molecule has 1 heterocycles. The predicted octanol–water partition coefficient (Wildman–Crippen LogP) is 2.64. The first-order valence-corrected chi connectivity index (χ1v) is 8.22. The zero-order chi connectivity index (χ0) is 15.9. The number of carboxylic acid groups (broad SMARTS) is 1. The van der Waals surface area contributed by atoms with Gasteiger partial charge in [0, 0.05) is 22.6 Å². The second-order valence-electron chi connectivity index (χ2n) is 6.01. The molecule has 1 fully saturated rings. The molecule has 0 aromatic heterocycles. The van der Waals surface area contributed by atoms with Crippen LogP contribution in [0.3, 0.4) is 0 Å². The highest BCUT2D eigenvalue weighted by molar-refractivity contribution is 9.10. The number of carbonyl (C=O) groups is 2. The van der Waals surface area contributed by atoms with Gasteiger partial charge in [-0.3, -0.25) is 9.59 Å². The summed E-state index contributed by atoms with van der Waals surface area (Å²) in [5, 5.41) is 9.11. The van der Waals surface area contributed by atoms with Crippen molar-refractivity contribution < 1.29 is 19.4 Å². The molecule has 2 aliphatic rings. The average molecular weight is 368 g/mol. The first kappa shape index (κ1) is 15.3. The number of halogens is 1. The quantitative estimate of drug-likeness (QED) is 0.868. The molecule has 6 heteroatoms. The fourth-order valence-electron chi connectivity index (χ4n) is 2.77. The Kier molecular flexibility index (Phi) is 4.12. The van der Waals surface area contributed by atoms with Gasteiger partial charge in [-0.25, -0.2) is 0 Å². The minimum Gasteiger partial charge on any atom is -0.492 e. The number of carboxylic acids is 1. The molecule has 0 saturated heterocycles. The molecule has 3 rings (SSSR count). The maximum absolute atomic E-state index is 12.9. The van der Waals surface area contributed by atoms with Crippen LogP contribution >= 0.6 is 15.9 Å². The van der Waals surface area contributed by atoms with Crippen LogP contribution in [0.2, 0.25) is 0 Å². The van der Waals surface area contributed by atoms with Gasteiger partial charge < -0.3 is 14.7 Å². The molecular formula is C16H18BrNO4. The molecule has 0 spiro atoms. The Labute approximate surface area is 137 Å². The van der Waals surface area contributed by atoms with E-state index in [1.807, 2.05) is 18.2 Å². The second kappa shape index (κ2) is 5.91. The number of fused-ring (bicyclic) bond motifs is 1.